The van der Waals surface area contributed by atoms with Crippen molar-refractivity contribution in [1.82, 2.24) is 0 Å². The van der Waals surface area contributed by atoms with Crippen molar-refractivity contribution in [3.05, 3.63) is 65.2 Å². The maximum Gasteiger partial charge on any atom is 0.258 e. The molecule has 0 spiro atoms. The van der Waals surface area contributed by atoms with E-state index in [-0.39, 0.29) is 5.91 Å². The number of aliphatic hydroxyl groups excluding tert-OH is 2. The molecular weight excluding hydrogens is 278 g/mol. The Morgan fingerprint density at radius 1 is 1.09 bits per heavy atom. The van der Waals surface area contributed by atoms with Gasteiger partial charge in [0.2, 0.25) is 0 Å². The number of anilines is 1. The van der Waals surface area contributed by atoms with Crippen LogP contribution in [0.25, 0.3) is 0 Å². The fourth-order valence-electron chi connectivity index (χ4n) is 2.96. The maximum atomic E-state index is 12.8. The monoisotopic (exact) mass is 297 g/mol. The minimum Gasteiger partial charge on any atom is -0.388 e. The summed E-state index contributed by atoms with van der Waals surface area (Å²) >= 11 is 0. The molecule has 0 fully saturated rings. The van der Waals surface area contributed by atoms with Gasteiger partial charge in [-0.2, -0.15) is 0 Å². The van der Waals surface area contributed by atoms with Gasteiger partial charge in [0.05, 0.1) is 11.7 Å². The third-order valence-corrected chi connectivity index (χ3v) is 4.23. The van der Waals surface area contributed by atoms with Crippen LogP contribution in [0.1, 0.15) is 34.5 Å². The van der Waals surface area contributed by atoms with E-state index < -0.39 is 18.2 Å². The standard InChI is InChI=1S/C18H19NO3/c1-11-8-9-15-14(10-11)17(21)16(20)12(2)19(15)18(22)13-6-4-3-5-7-13/h3-10,12,16-17,20-21H,1-2H3/t12-,16-,17+/m1/s1. The summed E-state index contributed by atoms with van der Waals surface area (Å²) in [6.07, 6.45) is -1.99. The van der Waals surface area contributed by atoms with Crippen LogP contribution in [0, 0.1) is 6.92 Å². The first-order valence-electron chi connectivity index (χ1n) is 7.36. The molecule has 2 N–H and O–H groups in total. The summed E-state index contributed by atoms with van der Waals surface area (Å²) in [5, 5.41) is 20.6. The van der Waals surface area contributed by atoms with Crippen LogP contribution in [0.3, 0.4) is 0 Å². The van der Waals surface area contributed by atoms with Crippen LogP contribution < -0.4 is 4.90 Å². The summed E-state index contributed by atoms with van der Waals surface area (Å²) in [6, 6.07) is 14.0. The molecule has 1 heterocycles. The zero-order valence-corrected chi connectivity index (χ0v) is 12.6. The van der Waals surface area contributed by atoms with E-state index in [0.29, 0.717) is 16.8 Å². The number of nitrogens with zero attached hydrogens (tertiary/aromatic N) is 1. The number of aryl methyl sites for hydroxylation is 1. The minimum atomic E-state index is -1.01. The lowest BCUT2D eigenvalue weighted by molar-refractivity contribution is -0.00107. The van der Waals surface area contributed by atoms with Crippen molar-refractivity contribution in [2.45, 2.75) is 32.1 Å². The van der Waals surface area contributed by atoms with Crippen molar-refractivity contribution in [1.29, 1.82) is 0 Å². The molecule has 0 bridgehead atoms. The van der Waals surface area contributed by atoms with Crippen LogP contribution in [0.4, 0.5) is 5.69 Å². The highest BCUT2D eigenvalue weighted by Gasteiger charge is 2.39. The number of carbonyl (C=O) groups excluding carboxylic acids is 1. The van der Waals surface area contributed by atoms with Gasteiger partial charge in [-0.15, -0.1) is 0 Å². The zero-order valence-electron chi connectivity index (χ0n) is 12.6. The molecule has 0 saturated heterocycles. The molecule has 2 aromatic rings. The van der Waals surface area contributed by atoms with Crippen molar-refractivity contribution in [3.63, 3.8) is 0 Å². The highest BCUT2D eigenvalue weighted by atomic mass is 16.3. The summed E-state index contributed by atoms with van der Waals surface area (Å²) in [4.78, 5) is 14.4. The van der Waals surface area contributed by atoms with Crippen LogP contribution in [-0.4, -0.2) is 28.3 Å². The largest absolute Gasteiger partial charge is 0.388 e. The van der Waals surface area contributed by atoms with Crippen molar-refractivity contribution in [2.75, 3.05) is 4.90 Å². The molecular formula is C18H19NO3. The van der Waals surface area contributed by atoms with Gasteiger partial charge >= 0.3 is 0 Å². The number of hydrogen-bond donors (Lipinski definition) is 2. The second kappa shape index (κ2) is 5.55. The lowest BCUT2D eigenvalue weighted by Crippen LogP contribution is -2.51. The van der Waals surface area contributed by atoms with Crippen LogP contribution in [0.5, 0.6) is 0 Å². The number of fused-ring (bicyclic) bond motifs is 1. The van der Waals surface area contributed by atoms with Gasteiger partial charge in [-0.25, -0.2) is 0 Å². The fourth-order valence-corrected chi connectivity index (χ4v) is 2.96. The normalized spacial score (nSPS) is 24.0. The van der Waals surface area contributed by atoms with E-state index in [9.17, 15) is 15.0 Å². The zero-order chi connectivity index (χ0) is 15.9. The molecule has 0 aromatic heterocycles. The third kappa shape index (κ3) is 2.30. The van der Waals surface area contributed by atoms with Gasteiger partial charge in [0.1, 0.15) is 12.2 Å². The summed E-state index contributed by atoms with van der Waals surface area (Å²) in [5.41, 5.74) is 2.79. The molecule has 22 heavy (non-hydrogen) atoms. The Bertz CT molecular complexity index is 699. The summed E-state index contributed by atoms with van der Waals surface area (Å²) in [6.45, 7) is 3.66. The molecule has 4 heteroatoms. The average molecular weight is 297 g/mol. The topological polar surface area (TPSA) is 60.8 Å². The molecule has 0 unspecified atom stereocenters. The van der Waals surface area contributed by atoms with Gasteiger partial charge in [-0.1, -0.05) is 35.9 Å². The molecule has 2 aromatic carbocycles. The number of amides is 1. The van der Waals surface area contributed by atoms with E-state index in [2.05, 4.69) is 0 Å². The van der Waals surface area contributed by atoms with Gasteiger partial charge in [0.15, 0.2) is 0 Å². The van der Waals surface area contributed by atoms with Crippen molar-refractivity contribution in [3.8, 4) is 0 Å². The number of carbonyl (C=O) groups is 1. The van der Waals surface area contributed by atoms with Crippen molar-refractivity contribution >= 4 is 11.6 Å². The quantitative estimate of drug-likeness (QED) is 0.850. The summed E-state index contributed by atoms with van der Waals surface area (Å²) in [5.74, 6) is -0.177. The third-order valence-electron chi connectivity index (χ3n) is 4.23. The van der Waals surface area contributed by atoms with Crippen LogP contribution >= 0.6 is 0 Å². The van der Waals surface area contributed by atoms with E-state index in [1.54, 1.807) is 24.0 Å². The Kier molecular flexibility index (Phi) is 3.72. The molecule has 1 amide bonds. The van der Waals surface area contributed by atoms with E-state index in [1.165, 1.54) is 0 Å². The van der Waals surface area contributed by atoms with E-state index in [1.807, 2.05) is 43.3 Å². The second-order valence-corrected chi connectivity index (χ2v) is 5.78. The number of hydrogen-bond acceptors (Lipinski definition) is 3. The molecule has 1 aliphatic heterocycles. The smallest absolute Gasteiger partial charge is 0.258 e. The first kappa shape index (κ1) is 14.8. The Hall–Kier alpha value is -2.17. The number of aliphatic hydroxyl groups is 2. The molecule has 3 rings (SSSR count). The van der Waals surface area contributed by atoms with Gasteiger partial charge in [0, 0.05) is 11.1 Å². The Labute approximate surface area is 129 Å². The molecule has 0 saturated carbocycles. The summed E-state index contributed by atoms with van der Waals surface area (Å²) < 4.78 is 0. The average Bonchev–Trinajstić information content (AvgIpc) is 2.54. The van der Waals surface area contributed by atoms with Gasteiger partial charge < -0.3 is 15.1 Å². The van der Waals surface area contributed by atoms with E-state index in [0.717, 1.165) is 5.56 Å². The minimum absolute atomic E-state index is 0.177. The van der Waals surface area contributed by atoms with E-state index >= 15 is 0 Å². The Morgan fingerprint density at radius 2 is 1.77 bits per heavy atom. The molecule has 1 aliphatic rings. The molecule has 0 radical (unpaired) electrons. The van der Waals surface area contributed by atoms with Crippen molar-refractivity contribution in [2.24, 2.45) is 0 Å². The van der Waals surface area contributed by atoms with Gasteiger partial charge in [0.25, 0.3) is 5.91 Å². The molecule has 4 nitrogen and oxygen atoms in total. The van der Waals surface area contributed by atoms with Gasteiger partial charge in [-0.05, 0) is 32.0 Å². The highest BCUT2D eigenvalue weighted by molar-refractivity contribution is 6.07. The van der Waals surface area contributed by atoms with E-state index in [4.69, 9.17) is 0 Å². The lowest BCUT2D eigenvalue weighted by atomic mass is 9.89. The predicted octanol–water partition coefficient (Wildman–Crippen LogP) is 2.44. The molecule has 0 aliphatic carbocycles. The Morgan fingerprint density at radius 3 is 2.45 bits per heavy atom. The second-order valence-electron chi connectivity index (χ2n) is 5.78. The predicted molar refractivity (Wildman–Crippen MR) is 84.9 cm³/mol. The van der Waals surface area contributed by atoms with Crippen molar-refractivity contribution < 1.29 is 15.0 Å². The molecule has 114 valence electrons. The highest BCUT2D eigenvalue weighted by Crippen LogP contribution is 2.38. The first-order valence-corrected chi connectivity index (χ1v) is 7.36. The van der Waals surface area contributed by atoms with Crippen LogP contribution in [-0.2, 0) is 0 Å². The number of benzene rings is 2. The maximum absolute atomic E-state index is 12.8. The summed E-state index contributed by atoms with van der Waals surface area (Å²) in [7, 11) is 0. The molecule has 3 atom stereocenters. The fraction of sp³-hybridized carbons (Fsp3) is 0.278. The SMILES string of the molecule is Cc1ccc2c(c1)[C@H](O)[C@H](O)[C@@H](C)N2C(=O)c1ccccc1. The first-order chi connectivity index (χ1) is 10.5. The lowest BCUT2D eigenvalue weighted by Gasteiger charge is -2.41. The van der Waals surface area contributed by atoms with Crippen LogP contribution in [0.2, 0.25) is 0 Å². The number of rotatable bonds is 1. The Balaban J connectivity index is 2.11. The van der Waals surface area contributed by atoms with Gasteiger partial charge in [-0.3, -0.25) is 4.79 Å². The van der Waals surface area contributed by atoms with Crippen LogP contribution in [0.15, 0.2) is 48.5 Å².